The molecule has 1 aliphatic rings. The summed E-state index contributed by atoms with van der Waals surface area (Å²) in [7, 11) is 1.65. The zero-order chi connectivity index (χ0) is 23.2. The van der Waals surface area contributed by atoms with Crippen molar-refractivity contribution in [3.8, 4) is 5.75 Å². The van der Waals surface area contributed by atoms with Crippen LogP contribution in [0.5, 0.6) is 5.75 Å². The number of aromatic nitrogens is 1. The van der Waals surface area contributed by atoms with E-state index in [1.807, 2.05) is 42.6 Å². The fraction of sp³-hybridized carbons (Fsp3) is 0.385. The number of likely N-dealkylation sites (tertiary alicyclic amines) is 1. The molecule has 0 bridgehead atoms. The van der Waals surface area contributed by atoms with Crippen molar-refractivity contribution in [3.05, 3.63) is 65.9 Å². The number of hydrogen-bond donors (Lipinski definition) is 2. The molecule has 1 saturated heterocycles. The first kappa shape index (κ1) is 22.7. The Kier molecular flexibility index (Phi) is 7.17. The number of H-pyrrole nitrogens is 1. The summed E-state index contributed by atoms with van der Waals surface area (Å²) in [5.41, 5.74) is 3.29. The van der Waals surface area contributed by atoms with Crippen LogP contribution in [0.25, 0.3) is 10.9 Å². The third-order valence-corrected chi connectivity index (χ3v) is 6.31. The number of para-hydroxylation sites is 1. The molecule has 7 heteroatoms. The van der Waals surface area contributed by atoms with Crippen molar-refractivity contribution >= 4 is 22.9 Å². The van der Waals surface area contributed by atoms with Gasteiger partial charge in [-0.1, -0.05) is 30.3 Å². The lowest BCUT2D eigenvalue weighted by Gasteiger charge is -2.31. The number of methoxy groups -OCH3 is 1. The quantitative estimate of drug-likeness (QED) is 0.564. The highest BCUT2D eigenvalue weighted by molar-refractivity contribution is 5.84. The van der Waals surface area contributed by atoms with E-state index in [9.17, 15) is 9.59 Å². The van der Waals surface area contributed by atoms with Gasteiger partial charge in [-0.3, -0.25) is 4.79 Å². The summed E-state index contributed by atoms with van der Waals surface area (Å²) in [4.78, 5) is 30.2. The number of fused-ring (bicyclic) bond motifs is 1. The summed E-state index contributed by atoms with van der Waals surface area (Å²) in [5.74, 6) is 0.507. The van der Waals surface area contributed by atoms with Crippen LogP contribution in [0.2, 0.25) is 0 Å². The van der Waals surface area contributed by atoms with Crippen LogP contribution >= 0.6 is 0 Å². The van der Waals surface area contributed by atoms with Crippen LogP contribution in [0.15, 0.2) is 54.7 Å². The highest BCUT2D eigenvalue weighted by Crippen LogP contribution is 2.31. The Labute approximate surface area is 194 Å². The molecule has 2 unspecified atom stereocenters. The molecule has 2 N–H and O–H groups in total. The molecule has 174 valence electrons. The van der Waals surface area contributed by atoms with E-state index in [2.05, 4.69) is 22.4 Å². The summed E-state index contributed by atoms with van der Waals surface area (Å²) in [6.07, 6.45) is 3.24. The fourth-order valence-corrected chi connectivity index (χ4v) is 4.54. The van der Waals surface area contributed by atoms with Crippen molar-refractivity contribution in [2.45, 2.75) is 25.7 Å². The normalized spacial score (nSPS) is 16.9. The SMILES string of the molecule is CCOC(=O)N1CCCC(C(=O)NCC(c2ccc(OC)cc2)c2c[nH]c3ccccc23)C1. The van der Waals surface area contributed by atoms with E-state index in [0.717, 1.165) is 40.6 Å². The van der Waals surface area contributed by atoms with Crippen molar-refractivity contribution in [1.29, 1.82) is 0 Å². The van der Waals surface area contributed by atoms with E-state index in [1.54, 1.807) is 18.9 Å². The minimum Gasteiger partial charge on any atom is -0.497 e. The number of ether oxygens (including phenoxy) is 2. The molecular formula is C26H31N3O4. The van der Waals surface area contributed by atoms with Gasteiger partial charge in [-0.15, -0.1) is 0 Å². The van der Waals surface area contributed by atoms with E-state index in [-0.39, 0.29) is 23.8 Å². The van der Waals surface area contributed by atoms with Crippen molar-refractivity contribution in [3.63, 3.8) is 0 Å². The number of amides is 2. The molecule has 1 fully saturated rings. The number of aromatic amines is 1. The Hall–Kier alpha value is -3.48. The predicted octanol–water partition coefficient (Wildman–Crippen LogP) is 4.29. The number of hydrogen-bond acceptors (Lipinski definition) is 4. The predicted molar refractivity (Wildman–Crippen MR) is 127 cm³/mol. The van der Waals surface area contributed by atoms with Gasteiger partial charge in [-0.25, -0.2) is 4.79 Å². The number of piperidine rings is 1. The lowest BCUT2D eigenvalue weighted by molar-refractivity contribution is -0.126. The van der Waals surface area contributed by atoms with Crippen molar-refractivity contribution in [2.75, 3.05) is 33.4 Å². The first-order valence-corrected chi connectivity index (χ1v) is 11.5. The van der Waals surface area contributed by atoms with Gasteiger partial charge in [0.05, 0.1) is 19.6 Å². The fourth-order valence-electron chi connectivity index (χ4n) is 4.54. The maximum absolute atomic E-state index is 13.1. The Morgan fingerprint density at radius 1 is 1.18 bits per heavy atom. The van der Waals surface area contributed by atoms with Crippen molar-refractivity contribution in [1.82, 2.24) is 15.2 Å². The molecule has 0 aliphatic carbocycles. The van der Waals surface area contributed by atoms with Gasteiger partial charge in [0.1, 0.15) is 5.75 Å². The van der Waals surface area contributed by atoms with Gasteiger partial charge in [-0.05, 0) is 49.1 Å². The zero-order valence-corrected chi connectivity index (χ0v) is 19.2. The molecule has 2 amide bonds. The number of benzene rings is 2. The highest BCUT2D eigenvalue weighted by Gasteiger charge is 2.30. The topological polar surface area (TPSA) is 83.7 Å². The van der Waals surface area contributed by atoms with Crippen LogP contribution < -0.4 is 10.1 Å². The molecule has 2 aromatic carbocycles. The van der Waals surface area contributed by atoms with E-state index in [0.29, 0.717) is 26.2 Å². The van der Waals surface area contributed by atoms with Gasteiger partial charge in [0.2, 0.25) is 5.91 Å². The first-order chi connectivity index (χ1) is 16.1. The highest BCUT2D eigenvalue weighted by atomic mass is 16.6. The van der Waals surface area contributed by atoms with Crippen LogP contribution in [-0.2, 0) is 9.53 Å². The lowest BCUT2D eigenvalue weighted by Crippen LogP contribution is -2.46. The Morgan fingerprint density at radius 3 is 2.73 bits per heavy atom. The maximum Gasteiger partial charge on any atom is 0.409 e. The molecule has 0 radical (unpaired) electrons. The molecule has 0 saturated carbocycles. The average Bonchev–Trinajstić information content (AvgIpc) is 3.28. The van der Waals surface area contributed by atoms with Crippen LogP contribution in [0, 0.1) is 5.92 Å². The van der Waals surface area contributed by atoms with Crippen molar-refractivity contribution < 1.29 is 19.1 Å². The summed E-state index contributed by atoms with van der Waals surface area (Å²) >= 11 is 0. The molecule has 7 nitrogen and oxygen atoms in total. The van der Waals surface area contributed by atoms with Crippen LogP contribution in [0.3, 0.4) is 0 Å². The van der Waals surface area contributed by atoms with E-state index >= 15 is 0 Å². The molecule has 3 aromatic rings. The number of rotatable bonds is 7. The van der Waals surface area contributed by atoms with E-state index < -0.39 is 0 Å². The molecule has 4 rings (SSSR count). The largest absolute Gasteiger partial charge is 0.497 e. The van der Waals surface area contributed by atoms with Gasteiger partial charge >= 0.3 is 6.09 Å². The molecule has 0 spiro atoms. The summed E-state index contributed by atoms with van der Waals surface area (Å²) < 4.78 is 10.4. The number of nitrogens with zero attached hydrogens (tertiary/aromatic N) is 1. The molecule has 33 heavy (non-hydrogen) atoms. The summed E-state index contributed by atoms with van der Waals surface area (Å²) in [6.45, 7) is 3.61. The third kappa shape index (κ3) is 5.13. The van der Waals surface area contributed by atoms with Crippen LogP contribution in [0.4, 0.5) is 4.79 Å². The van der Waals surface area contributed by atoms with Crippen LogP contribution in [0.1, 0.15) is 36.8 Å². The Balaban J connectivity index is 1.52. The Bertz CT molecular complexity index is 1090. The number of nitrogens with one attached hydrogen (secondary N) is 2. The maximum atomic E-state index is 13.1. The second-order valence-electron chi connectivity index (χ2n) is 8.34. The standard InChI is InChI=1S/C26H31N3O4/c1-3-33-26(31)29-14-6-7-19(17-29)25(30)28-15-22(18-10-12-20(32-2)13-11-18)23-16-27-24-9-5-4-8-21(23)24/h4-5,8-13,16,19,22,27H,3,6-7,14-15,17H2,1-2H3,(H,28,30). The second-order valence-corrected chi connectivity index (χ2v) is 8.34. The van der Waals surface area contributed by atoms with Gasteiger partial charge in [-0.2, -0.15) is 0 Å². The smallest absolute Gasteiger partial charge is 0.409 e. The van der Waals surface area contributed by atoms with E-state index in [4.69, 9.17) is 9.47 Å². The zero-order valence-electron chi connectivity index (χ0n) is 19.2. The van der Waals surface area contributed by atoms with Gasteiger partial charge in [0.15, 0.2) is 0 Å². The van der Waals surface area contributed by atoms with Gasteiger partial charge in [0.25, 0.3) is 0 Å². The second kappa shape index (κ2) is 10.4. The number of carbonyl (C=O) groups excluding carboxylic acids is 2. The van der Waals surface area contributed by atoms with Gasteiger partial charge in [0, 0.05) is 42.7 Å². The summed E-state index contributed by atoms with van der Waals surface area (Å²) in [6, 6.07) is 16.1. The van der Waals surface area contributed by atoms with Crippen LogP contribution in [-0.4, -0.2) is 55.2 Å². The molecule has 2 atom stereocenters. The lowest BCUT2D eigenvalue weighted by atomic mass is 9.90. The molecular weight excluding hydrogens is 418 g/mol. The minimum absolute atomic E-state index is 0.0256. The Morgan fingerprint density at radius 2 is 1.97 bits per heavy atom. The third-order valence-electron chi connectivity index (χ3n) is 6.31. The molecule has 1 aliphatic heterocycles. The first-order valence-electron chi connectivity index (χ1n) is 11.5. The minimum atomic E-state index is -0.343. The molecule has 1 aromatic heterocycles. The number of carbonyl (C=O) groups is 2. The van der Waals surface area contributed by atoms with Gasteiger partial charge < -0.3 is 24.7 Å². The van der Waals surface area contributed by atoms with E-state index in [1.165, 1.54) is 0 Å². The molecule has 2 heterocycles. The van der Waals surface area contributed by atoms with Crippen molar-refractivity contribution in [2.24, 2.45) is 5.92 Å². The summed E-state index contributed by atoms with van der Waals surface area (Å²) in [5, 5.41) is 4.30. The monoisotopic (exact) mass is 449 g/mol. The average molecular weight is 450 g/mol.